The molecule has 1 fully saturated rings. The van der Waals surface area contributed by atoms with Gasteiger partial charge in [-0.1, -0.05) is 12.1 Å². The van der Waals surface area contributed by atoms with E-state index in [1.807, 2.05) is 0 Å². The van der Waals surface area contributed by atoms with Crippen LogP contribution in [0.3, 0.4) is 0 Å². The molecule has 1 aliphatic rings. The predicted octanol–water partition coefficient (Wildman–Crippen LogP) is 0.868. The van der Waals surface area contributed by atoms with Gasteiger partial charge in [0.1, 0.15) is 6.54 Å². The lowest BCUT2D eigenvalue weighted by Gasteiger charge is -2.30. The van der Waals surface area contributed by atoms with Crippen molar-refractivity contribution in [2.24, 2.45) is 0 Å². The molecule has 1 aliphatic heterocycles. The largest absolute Gasteiger partial charge is 0.468 e. The smallest absolute Gasteiger partial charge is 0.325 e. The summed E-state index contributed by atoms with van der Waals surface area (Å²) in [4.78, 5) is 25.4. The van der Waals surface area contributed by atoms with Crippen LogP contribution in [0.1, 0.15) is 23.2 Å². The van der Waals surface area contributed by atoms with Gasteiger partial charge in [0, 0.05) is 18.8 Å². The molecule has 6 heteroatoms. The minimum Gasteiger partial charge on any atom is -0.468 e. The van der Waals surface area contributed by atoms with Crippen molar-refractivity contribution in [3.63, 3.8) is 0 Å². The molecule has 1 amide bonds. The van der Waals surface area contributed by atoms with Crippen LogP contribution in [0.15, 0.2) is 24.3 Å². The average Bonchev–Trinajstić information content (AvgIpc) is 2.52. The van der Waals surface area contributed by atoms with Crippen LogP contribution < -0.4 is 5.32 Å². The molecule has 0 spiro atoms. The Labute approximate surface area is 123 Å². The number of para-hydroxylation sites is 1. The van der Waals surface area contributed by atoms with Gasteiger partial charge in [-0.2, -0.15) is 0 Å². The molecule has 1 saturated heterocycles. The Morgan fingerprint density at radius 2 is 2.19 bits per heavy atom. The lowest BCUT2D eigenvalue weighted by Crippen LogP contribution is -2.42. The minimum atomic E-state index is -0.460. The van der Waals surface area contributed by atoms with Gasteiger partial charge >= 0.3 is 5.97 Å². The van der Waals surface area contributed by atoms with E-state index in [0.29, 0.717) is 24.3 Å². The molecule has 114 valence electrons. The van der Waals surface area contributed by atoms with Gasteiger partial charge < -0.3 is 20.1 Å². The Morgan fingerprint density at radius 3 is 2.90 bits per heavy atom. The van der Waals surface area contributed by atoms with Gasteiger partial charge in [-0.25, -0.2) is 0 Å². The summed E-state index contributed by atoms with van der Waals surface area (Å²) in [6.07, 6.45) is 1.06. The van der Waals surface area contributed by atoms with E-state index in [-0.39, 0.29) is 12.5 Å². The number of aliphatic hydroxyl groups is 1. The number of benzene rings is 1. The molecular formula is C15H20N2O4. The molecule has 2 rings (SSSR count). The van der Waals surface area contributed by atoms with Gasteiger partial charge in [0.15, 0.2) is 0 Å². The zero-order valence-corrected chi connectivity index (χ0v) is 12.0. The van der Waals surface area contributed by atoms with Crippen LogP contribution in [0.2, 0.25) is 0 Å². The predicted molar refractivity (Wildman–Crippen MR) is 78.1 cm³/mol. The summed E-state index contributed by atoms with van der Waals surface area (Å²) < 4.78 is 4.57. The number of ether oxygens (including phenoxy) is 1. The molecule has 1 heterocycles. The number of methoxy groups -OCH3 is 1. The SMILES string of the molecule is COC(=O)CNc1ccccc1C(=O)N1CCCC(O)C1. The number of carbonyl (C=O) groups is 2. The molecule has 0 saturated carbocycles. The fourth-order valence-electron chi connectivity index (χ4n) is 2.37. The van der Waals surface area contributed by atoms with Gasteiger partial charge in [-0.05, 0) is 25.0 Å². The summed E-state index contributed by atoms with van der Waals surface area (Å²) in [6.45, 7) is 0.995. The van der Waals surface area contributed by atoms with Crippen LogP contribution in [-0.4, -0.2) is 54.7 Å². The second kappa shape index (κ2) is 7.08. The Morgan fingerprint density at radius 1 is 1.43 bits per heavy atom. The monoisotopic (exact) mass is 292 g/mol. The molecule has 21 heavy (non-hydrogen) atoms. The third-order valence-electron chi connectivity index (χ3n) is 3.49. The molecule has 2 N–H and O–H groups in total. The number of hydrogen-bond donors (Lipinski definition) is 2. The van der Waals surface area contributed by atoms with Crippen molar-refractivity contribution in [3.8, 4) is 0 Å². The lowest BCUT2D eigenvalue weighted by atomic mass is 10.1. The van der Waals surface area contributed by atoms with Gasteiger partial charge in [-0.15, -0.1) is 0 Å². The number of amides is 1. The lowest BCUT2D eigenvalue weighted by molar-refractivity contribution is -0.138. The average molecular weight is 292 g/mol. The molecule has 1 aromatic rings. The van der Waals surface area contributed by atoms with Crippen molar-refractivity contribution >= 4 is 17.6 Å². The standard InChI is InChI=1S/C15H20N2O4/c1-21-14(19)9-16-13-7-3-2-6-12(13)15(20)17-8-4-5-11(18)10-17/h2-3,6-7,11,16,18H,4-5,8-10H2,1H3. The zero-order valence-electron chi connectivity index (χ0n) is 12.0. The van der Waals surface area contributed by atoms with Crippen molar-refractivity contribution in [2.45, 2.75) is 18.9 Å². The van der Waals surface area contributed by atoms with E-state index in [0.717, 1.165) is 12.8 Å². The fourth-order valence-corrected chi connectivity index (χ4v) is 2.37. The Kier molecular flexibility index (Phi) is 5.16. The van der Waals surface area contributed by atoms with Crippen molar-refractivity contribution in [1.29, 1.82) is 0 Å². The normalized spacial score (nSPS) is 18.2. The highest BCUT2D eigenvalue weighted by molar-refractivity contribution is 6.00. The van der Waals surface area contributed by atoms with Crippen molar-refractivity contribution in [3.05, 3.63) is 29.8 Å². The number of anilines is 1. The van der Waals surface area contributed by atoms with E-state index < -0.39 is 12.1 Å². The van der Waals surface area contributed by atoms with E-state index in [1.165, 1.54) is 7.11 Å². The molecule has 1 atom stereocenters. The van der Waals surface area contributed by atoms with Crippen LogP contribution in [-0.2, 0) is 9.53 Å². The van der Waals surface area contributed by atoms with Crippen LogP contribution in [0, 0.1) is 0 Å². The summed E-state index contributed by atoms with van der Waals surface area (Å²) in [7, 11) is 1.32. The number of β-amino-alcohol motifs (C(OH)–C–C–N with tert-alkyl or cyclic N) is 1. The first-order valence-electron chi connectivity index (χ1n) is 6.99. The van der Waals surface area contributed by atoms with Crippen molar-refractivity contribution in [1.82, 2.24) is 4.90 Å². The minimum absolute atomic E-state index is 0.00339. The molecular weight excluding hydrogens is 272 g/mol. The first-order chi connectivity index (χ1) is 10.1. The molecule has 6 nitrogen and oxygen atoms in total. The summed E-state index contributed by atoms with van der Waals surface area (Å²) >= 11 is 0. The number of carbonyl (C=O) groups excluding carboxylic acids is 2. The van der Waals surface area contributed by atoms with Crippen LogP contribution >= 0.6 is 0 Å². The van der Waals surface area contributed by atoms with Crippen molar-refractivity contribution in [2.75, 3.05) is 32.1 Å². The van der Waals surface area contributed by atoms with Crippen LogP contribution in [0.5, 0.6) is 0 Å². The number of aliphatic hydroxyl groups excluding tert-OH is 1. The zero-order chi connectivity index (χ0) is 15.2. The maximum atomic E-state index is 12.5. The third kappa shape index (κ3) is 3.95. The van der Waals surface area contributed by atoms with E-state index in [2.05, 4.69) is 10.1 Å². The maximum absolute atomic E-state index is 12.5. The molecule has 0 aromatic heterocycles. The number of nitrogens with one attached hydrogen (secondary N) is 1. The molecule has 1 aromatic carbocycles. The number of hydrogen-bond acceptors (Lipinski definition) is 5. The molecule has 0 aliphatic carbocycles. The summed E-state index contributed by atoms with van der Waals surface area (Å²) in [5.41, 5.74) is 1.09. The number of likely N-dealkylation sites (tertiary alicyclic amines) is 1. The topological polar surface area (TPSA) is 78.9 Å². The quantitative estimate of drug-likeness (QED) is 0.805. The first-order valence-corrected chi connectivity index (χ1v) is 6.99. The fraction of sp³-hybridized carbons (Fsp3) is 0.467. The Balaban J connectivity index is 2.11. The van der Waals surface area contributed by atoms with Crippen LogP contribution in [0.25, 0.3) is 0 Å². The highest BCUT2D eigenvalue weighted by atomic mass is 16.5. The summed E-state index contributed by atoms with van der Waals surface area (Å²) in [5.74, 6) is -0.535. The highest BCUT2D eigenvalue weighted by Crippen LogP contribution is 2.20. The van der Waals surface area contributed by atoms with E-state index in [9.17, 15) is 14.7 Å². The Hall–Kier alpha value is -2.08. The maximum Gasteiger partial charge on any atom is 0.325 e. The second-order valence-corrected chi connectivity index (χ2v) is 5.02. The van der Waals surface area contributed by atoms with Gasteiger partial charge in [0.2, 0.25) is 0 Å². The van der Waals surface area contributed by atoms with Gasteiger partial charge in [0.25, 0.3) is 5.91 Å². The van der Waals surface area contributed by atoms with Gasteiger partial charge in [-0.3, -0.25) is 9.59 Å². The molecule has 0 bridgehead atoms. The number of piperidine rings is 1. The third-order valence-corrected chi connectivity index (χ3v) is 3.49. The highest BCUT2D eigenvalue weighted by Gasteiger charge is 2.24. The number of esters is 1. The molecule has 0 radical (unpaired) electrons. The summed E-state index contributed by atoms with van der Waals surface area (Å²) in [6, 6.07) is 7.03. The summed E-state index contributed by atoms with van der Waals surface area (Å²) in [5, 5.41) is 12.6. The van der Waals surface area contributed by atoms with Crippen molar-refractivity contribution < 1.29 is 19.4 Å². The first kappa shape index (κ1) is 15.3. The van der Waals surface area contributed by atoms with Crippen LogP contribution in [0.4, 0.5) is 5.69 Å². The number of rotatable bonds is 4. The Bertz CT molecular complexity index is 518. The number of nitrogens with zero attached hydrogens (tertiary/aromatic N) is 1. The van der Waals surface area contributed by atoms with E-state index >= 15 is 0 Å². The van der Waals surface area contributed by atoms with Gasteiger partial charge in [0.05, 0.1) is 18.8 Å². The second-order valence-electron chi connectivity index (χ2n) is 5.02. The van der Waals surface area contributed by atoms with E-state index in [1.54, 1.807) is 29.2 Å². The molecule has 1 unspecified atom stereocenters. The van der Waals surface area contributed by atoms with E-state index in [4.69, 9.17) is 0 Å².